The maximum atomic E-state index is 12.7. The Morgan fingerprint density at radius 2 is 1.52 bits per heavy atom. The molecule has 1 N–H and O–H groups in total. The van der Waals surface area contributed by atoms with Crippen LogP contribution in [0.1, 0.15) is 186 Å². The Labute approximate surface area is 337 Å². The van der Waals surface area contributed by atoms with Crippen LogP contribution in [0.5, 0.6) is 5.75 Å². The van der Waals surface area contributed by atoms with Crippen molar-refractivity contribution in [1.82, 2.24) is 0 Å². The number of esters is 2. The molecule has 0 saturated heterocycles. The Balaban J connectivity index is 0.000000159. The topological polar surface area (TPSA) is 89.9 Å². The van der Waals surface area contributed by atoms with E-state index in [-0.39, 0.29) is 40.4 Å². The smallest absolute Gasteiger partial charge is 0.311 e. The molecule has 6 unspecified atom stereocenters. The zero-order chi connectivity index (χ0) is 39.2. The summed E-state index contributed by atoms with van der Waals surface area (Å²) in [6.07, 6.45) is 26.9. The molecule has 8 aliphatic carbocycles. The second-order valence-electron chi connectivity index (χ2n) is 20.7. The lowest BCUT2D eigenvalue weighted by Gasteiger charge is -2.57. The number of carbonyl (C=O) groups is 3. The fourth-order valence-corrected chi connectivity index (χ4v) is 14.6. The quantitative estimate of drug-likeness (QED) is 0.209. The van der Waals surface area contributed by atoms with E-state index >= 15 is 0 Å². The lowest BCUT2D eigenvalue weighted by atomic mass is 9.47. The van der Waals surface area contributed by atoms with Gasteiger partial charge in [-0.3, -0.25) is 14.4 Å². The van der Waals surface area contributed by atoms with Gasteiger partial charge in [0.1, 0.15) is 11.9 Å². The molecule has 308 valence electrons. The van der Waals surface area contributed by atoms with Crippen LogP contribution in [0.4, 0.5) is 0 Å². The average molecular weight is 769 g/mol. The molecule has 1 aromatic carbocycles. The summed E-state index contributed by atoms with van der Waals surface area (Å²) in [6.45, 7) is 9.27. The van der Waals surface area contributed by atoms with Crippen LogP contribution in [0.25, 0.3) is 0 Å². The summed E-state index contributed by atoms with van der Waals surface area (Å²) in [6, 6.07) is 6.30. The summed E-state index contributed by atoms with van der Waals surface area (Å²) < 4.78 is 11.7. The molecule has 0 aromatic heterocycles. The highest BCUT2D eigenvalue weighted by Crippen LogP contribution is 2.66. The van der Waals surface area contributed by atoms with E-state index in [4.69, 9.17) is 9.47 Å². The molecule has 0 radical (unpaired) electrons. The first-order valence-electron chi connectivity index (χ1n) is 23.4. The third kappa shape index (κ3) is 7.49. The van der Waals surface area contributed by atoms with Crippen LogP contribution < -0.4 is 4.74 Å². The number of fused-ring (bicyclic) bond motifs is 10. The SMILES string of the molecule is CCCCC(=O)Oc1ccc2c(c1)CCC1C2CC[C@@]2(C)C1CC[C@@H]2O.C[C@]12CCC(=O)C=C1CCC1C2CC[C@@]2(C)C1CC[C@@H]2OC(=O)CCC1CCCC1. The predicted molar refractivity (Wildman–Crippen MR) is 220 cm³/mol. The summed E-state index contributed by atoms with van der Waals surface area (Å²) in [5.74, 6) is 5.86. The second kappa shape index (κ2) is 16.3. The van der Waals surface area contributed by atoms with Gasteiger partial charge in [0, 0.05) is 24.7 Å². The first-order valence-corrected chi connectivity index (χ1v) is 23.4. The number of benzene rings is 1. The summed E-state index contributed by atoms with van der Waals surface area (Å²) >= 11 is 0. The molecule has 1 aromatic rings. The first-order chi connectivity index (χ1) is 26.9. The van der Waals surface area contributed by atoms with E-state index < -0.39 is 0 Å². The van der Waals surface area contributed by atoms with E-state index in [1.165, 1.54) is 87.3 Å². The summed E-state index contributed by atoms with van der Waals surface area (Å²) in [5, 5.41) is 10.5. The number of aryl methyl sites for hydroxylation is 1. The highest BCUT2D eigenvalue weighted by Gasteiger charge is 2.60. The van der Waals surface area contributed by atoms with Gasteiger partial charge in [-0.25, -0.2) is 0 Å². The van der Waals surface area contributed by atoms with Gasteiger partial charge >= 0.3 is 11.9 Å². The Hall–Kier alpha value is -2.47. The van der Waals surface area contributed by atoms with Crippen molar-refractivity contribution in [3.63, 3.8) is 0 Å². The molecule has 11 atom stereocenters. The Kier molecular flexibility index (Phi) is 11.7. The summed E-state index contributed by atoms with van der Waals surface area (Å²) in [4.78, 5) is 36.6. The van der Waals surface area contributed by atoms with E-state index in [2.05, 4.69) is 39.8 Å². The monoisotopic (exact) mass is 769 g/mol. The standard InChI is InChI=1S/C27H40O3.C23H32O3/c1-26-15-13-20(28)17-19(26)8-9-21-22-10-11-24(27(22,2)16-14-23(21)26)30-25(29)12-7-18-5-3-4-6-18;1-3-4-5-22(25)26-16-7-9-17-15(14-16)6-8-19-18(17)12-13-23(2)20(19)10-11-21(23)24/h17-18,21-24H,3-16H2,1-2H3;7,9,14,18-21,24H,3-6,8,10-13H2,1-2H3/t21?,22?,23?,24-,26-,27-;18?,19?,20?,21-,23-/m00/s1. The maximum absolute atomic E-state index is 12.7. The van der Waals surface area contributed by atoms with Crippen molar-refractivity contribution in [3.05, 3.63) is 41.0 Å². The third-order valence-corrected chi connectivity index (χ3v) is 18.0. The van der Waals surface area contributed by atoms with E-state index in [9.17, 15) is 19.5 Å². The highest BCUT2D eigenvalue weighted by molar-refractivity contribution is 5.91. The fraction of sp³-hybridized carbons (Fsp3) is 0.780. The fourth-order valence-electron chi connectivity index (χ4n) is 14.6. The van der Waals surface area contributed by atoms with Crippen LogP contribution in [0.2, 0.25) is 0 Å². The average Bonchev–Trinajstić information content (AvgIpc) is 3.91. The van der Waals surface area contributed by atoms with Crippen molar-refractivity contribution >= 4 is 17.7 Å². The number of unbranched alkanes of at least 4 members (excludes halogenated alkanes) is 1. The molecule has 0 aliphatic heterocycles. The van der Waals surface area contributed by atoms with Crippen LogP contribution >= 0.6 is 0 Å². The molecule has 0 heterocycles. The molecule has 9 rings (SSSR count). The minimum Gasteiger partial charge on any atom is -0.462 e. The van der Waals surface area contributed by atoms with Crippen molar-refractivity contribution in [2.75, 3.05) is 0 Å². The number of aliphatic hydroxyl groups is 1. The number of aliphatic hydroxyl groups excluding tert-OH is 1. The Bertz CT molecular complexity index is 1660. The van der Waals surface area contributed by atoms with E-state index in [1.54, 1.807) is 0 Å². The molecule has 8 aliphatic rings. The number of rotatable bonds is 8. The largest absolute Gasteiger partial charge is 0.462 e. The van der Waals surface area contributed by atoms with Gasteiger partial charge in [-0.15, -0.1) is 0 Å². The van der Waals surface area contributed by atoms with Crippen LogP contribution in [-0.4, -0.2) is 35.0 Å². The Morgan fingerprint density at radius 3 is 2.32 bits per heavy atom. The predicted octanol–water partition coefficient (Wildman–Crippen LogP) is 11.4. The van der Waals surface area contributed by atoms with Gasteiger partial charge in [0.05, 0.1) is 6.10 Å². The minimum absolute atomic E-state index is 0.0579. The molecule has 56 heavy (non-hydrogen) atoms. The lowest BCUT2D eigenvalue weighted by molar-refractivity contribution is -0.160. The first kappa shape index (κ1) is 40.3. The third-order valence-electron chi connectivity index (χ3n) is 18.0. The number of hydrogen-bond acceptors (Lipinski definition) is 6. The second-order valence-corrected chi connectivity index (χ2v) is 20.7. The molecule has 6 heteroatoms. The van der Waals surface area contributed by atoms with Crippen molar-refractivity contribution in [1.29, 1.82) is 0 Å². The van der Waals surface area contributed by atoms with E-state index in [1.807, 2.05) is 12.1 Å². The number of hydrogen-bond donors (Lipinski definition) is 1. The van der Waals surface area contributed by atoms with Gasteiger partial charge in [-0.2, -0.15) is 0 Å². The zero-order valence-electron chi connectivity index (χ0n) is 35.3. The molecule has 6 nitrogen and oxygen atoms in total. The molecule has 0 bridgehead atoms. The van der Waals surface area contributed by atoms with E-state index in [0.29, 0.717) is 54.0 Å². The summed E-state index contributed by atoms with van der Waals surface area (Å²) in [7, 11) is 0. The number of ether oxygens (including phenoxy) is 2. The van der Waals surface area contributed by atoms with Crippen molar-refractivity contribution < 1.29 is 29.0 Å². The van der Waals surface area contributed by atoms with Gasteiger partial charge in [0.2, 0.25) is 0 Å². The molecular formula is C50H72O6. The molecule has 6 fully saturated rings. The van der Waals surface area contributed by atoms with Crippen LogP contribution in [0.15, 0.2) is 29.8 Å². The summed E-state index contributed by atoms with van der Waals surface area (Å²) in [5.41, 5.74) is 4.80. The number of carbonyl (C=O) groups excluding carboxylic acids is 3. The van der Waals surface area contributed by atoms with Gasteiger partial charge in [-0.1, -0.05) is 71.4 Å². The van der Waals surface area contributed by atoms with Crippen LogP contribution in [0.3, 0.4) is 0 Å². The molecule has 0 spiro atoms. The van der Waals surface area contributed by atoms with Gasteiger partial charge < -0.3 is 14.6 Å². The van der Waals surface area contributed by atoms with Crippen LogP contribution in [-0.2, 0) is 25.5 Å². The normalized spacial score (nSPS) is 39.7. The number of allylic oxidation sites excluding steroid dienone is 1. The van der Waals surface area contributed by atoms with Gasteiger partial charge in [0.25, 0.3) is 0 Å². The zero-order valence-corrected chi connectivity index (χ0v) is 35.3. The maximum Gasteiger partial charge on any atom is 0.311 e. The highest BCUT2D eigenvalue weighted by atomic mass is 16.5. The van der Waals surface area contributed by atoms with Crippen molar-refractivity contribution in [2.24, 2.45) is 51.8 Å². The van der Waals surface area contributed by atoms with Gasteiger partial charge in [-0.05, 0) is 178 Å². The van der Waals surface area contributed by atoms with E-state index in [0.717, 1.165) is 76.0 Å². The lowest BCUT2D eigenvalue weighted by Crippen LogP contribution is -2.51. The molecule has 6 saturated carbocycles. The van der Waals surface area contributed by atoms with Crippen LogP contribution in [0, 0.1) is 51.8 Å². The molecular weight excluding hydrogens is 697 g/mol. The van der Waals surface area contributed by atoms with Crippen molar-refractivity contribution in [2.45, 2.75) is 193 Å². The minimum atomic E-state index is -0.117. The van der Waals surface area contributed by atoms with Crippen molar-refractivity contribution in [3.8, 4) is 5.75 Å². The Morgan fingerprint density at radius 1 is 0.768 bits per heavy atom. The molecule has 0 amide bonds. The van der Waals surface area contributed by atoms with Gasteiger partial charge in [0.15, 0.2) is 5.78 Å². The number of ketones is 1.